The summed E-state index contributed by atoms with van der Waals surface area (Å²) in [6.45, 7) is 0. The molecular weight excluding hydrogens is 117 g/mol. The van der Waals surface area contributed by atoms with Crippen LogP contribution in [0.25, 0.3) is 0 Å². The molecule has 50 valence electrons. The molecule has 7 N–H and O–H groups in total. The van der Waals surface area contributed by atoms with E-state index in [1.807, 2.05) is 0 Å². The fourth-order valence-corrected chi connectivity index (χ4v) is 0. The topological polar surface area (TPSA) is 158 Å². The molecule has 0 aromatic heterocycles. The van der Waals surface area contributed by atoms with Crippen LogP contribution in [0.1, 0.15) is 1.43 Å². The average Bonchev–Trinajstić information content (AvgIpc) is 0.811. The third-order valence-electron chi connectivity index (χ3n) is 0. The van der Waals surface area contributed by atoms with Crippen LogP contribution in [0, 0.1) is 10.1 Å². The van der Waals surface area contributed by atoms with Crippen molar-refractivity contribution >= 4 is 0 Å². The van der Waals surface area contributed by atoms with Crippen molar-refractivity contribution in [3.05, 3.63) is 10.1 Å². The second-order valence-electron chi connectivity index (χ2n) is 0.238. The molecule has 0 aromatic rings. The molecule has 0 amide bonds. The van der Waals surface area contributed by atoms with Gasteiger partial charge in [-0.3, -0.25) is 0 Å². The summed E-state index contributed by atoms with van der Waals surface area (Å²) in [6.07, 6.45) is 0. The van der Waals surface area contributed by atoms with Crippen molar-refractivity contribution in [3.63, 3.8) is 0 Å². The minimum atomic E-state index is -1.50. The molecule has 0 aliphatic carbocycles. The molecule has 0 fully saturated rings. The van der Waals surface area contributed by atoms with Gasteiger partial charge in [-0.1, -0.05) is 0 Å². The fraction of sp³-hybridized carbons (Fsp3) is 0. The summed E-state index contributed by atoms with van der Waals surface area (Å²) in [5.41, 5.74) is 0. The van der Waals surface area contributed by atoms with Crippen molar-refractivity contribution in [3.8, 4) is 0 Å². The van der Waals surface area contributed by atoms with Gasteiger partial charge in [-0.05, 0) is 0 Å². The van der Waals surface area contributed by atoms with Crippen LogP contribution in [0.15, 0.2) is 0 Å². The van der Waals surface area contributed by atoms with Crippen LogP contribution in [-0.4, -0.2) is 26.7 Å². The van der Waals surface area contributed by atoms with Crippen LogP contribution < -0.4 is 18.9 Å². The van der Waals surface area contributed by atoms with Crippen molar-refractivity contribution in [1.82, 2.24) is 0 Å². The maximum absolute atomic E-state index is 8.36. The normalized spacial score (nSPS) is 3.00. The molecule has 0 saturated carbocycles. The molecule has 0 saturated heterocycles. The third kappa shape index (κ3) is 1190. The summed E-state index contributed by atoms with van der Waals surface area (Å²) in [7, 11) is 0. The molecule has 0 unspecified atom stereocenters. The Labute approximate surface area is 58.0 Å². The van der Waals surface area contributed by atoms with Crippen LogP contribution in [0.4, 0.5) is 0 Å². The van der Waals surface area contributed by atoms with Crippen molar-refractivity contribution in [1.29, 1.82) is 0 Å². The Kier molecular flexibility index (Phi) is 179. The van der Waals surface area contributed by atoms with E-state index in [9.17, 15) is 0 Å². The zero-order chi connectivity index (χ0) is 3.58. The first-order valence-electron chi connectivity index (χ1n) is 0.565. The summed E-state index contributed by atoms with van der Waals surface area (Å²) in [5.74, 6) is 0. The van der Waals surface area contributed by atoms with Gasteiger partial charge in [-0.2, -0.15) is 0 Å². The van der Waals surface area contributed by atoms with Crippen molar-refractivity contribution in [2.75, 3.05) is 0 Å². The first-order chi connectivity index (χ1) is 1.73. The molecule has 0 radical (unpaired) electrons. The average molecular weight is 125 g/mol. The first-order valence-corrected chi connectivity index (χ1v) is 0.565. The van der Waals surface area contributed by atoms with Crippen LogP contribution in [0.2, 0.25) is 0 Å². The minimum absolute atomic E-state index is 0. The SMILES string of the molecule is O.O.O.O=[N+]([O-])O.[H-].[Li+]. The quantitative estimate of drug-likeness (QED) is 0.194. The van der Waals surface area contributed by atoms with Crippen LogP contribution in [0.3, 0.4) is 0 Å². The van der Waals surface area contributed by atoms with Gasteiger partial charge >= 0.3 is 18.9 Å². The number of hydrogen-bond acceptors (Lipinski definition) is 2. The molecular formula is H8LiNO6. The van der Waals surface area contributed by atoms with Gasteiger partial charge in [0.05, 0.1) is 0 Å². The van der Waals surface area contributed by atoms with Gasteiger partial charge in [0, 0.05) is 0 Å². The summed E-state index contributed by atoms with van der Waals surface area (Å²) < 4.78 is 0. The summed E-state index contributed by atoms with van der Waals surface area (Å²) in [6, 6.07) is 0. The van der Waals surface area contributed by atoms with E-state index in [1.165, 1.54) is 0 Å². The van der Waals surface area contributed by atoms with Crippen molar-refractivity contribution in [2.24, 2.45) is 0 Å². The number of nitrogens with zero attached hydrogens (tertiary/aromatic N) is 1. The predicted molar refractivity (Wildman–Crippen MR) is 20.7 cm³/mol. The fourth-order valence-electron chi connectivity index (χ4n) is 0. The standard InChI is InChI=1S/Li.HNO3.3H2O.H/c;2-1(3)4;;;;/h;(H,2,3,4);3*1H2;/q+1;;;;;-1. The number of hydrogen-bond donors (Lipinski definition) is 1. The predicted octanol–water partition coefficient (Wildman–Crippen LogP) is -5.71. The summed E-state index contributed by atoms with van der Waals surface area (Å²) in [4.78, 5) is 8.36. The molecule has 0 heterocycles. The second kappa shape index (κ2) is 30.0. The van der Waals surface area contributed by atoms with Gasteiger partial charge < -0.3 is 23.1 Å². The van der Waals surface area contributed by atoms with Gasteiger partial charge in [0.15, 0.2) is 0 Å². The van der Waals surface area contributed by atoms with E-state index in [4.69, 9.17) is 15.3 Å². The van der Waals surface area contributed by atoms with Crippen LogP contribution in [-0.2, 0) is 0 Å². The molecule has 8 heteroatoms. The van der Waals surface area contributed by atoms with Gasteiger partial charge in [0.1, 0.15) is 0 Å². The smallest absolute Gasteiger partial charge is 1.00 e. The van der Waals surface area contributed by atoms with Gasteiger partial charge in [0.25, 0.3) is 5.09 Å². The van der Waals surface area contributed by atoms with E-state index in [2.05, 4.69) is 0 Å². The molecule has 0 bridgehead atoms. The van der Waals surface area contributed by atoms with E-state index < -0.39 is 5.09 Å². The largest absolute Gasteiger partial charge is 1.00 e. The zero-order valence-corrected chi connectivity index (χ0v) is 4.21. The Morgan fingerprint density at radius 2 is 1.38 bits per heavy atom. The van der Waals surface area contributed by atoms with E-state index in [0.29, 0.717) is 0 Å². The van der Waals surface area contributed by atoms with Crippen molar-refractivity contribution < 1.29 is 47.0 Å². The zero-order valence-electron chi connectivity index (χ0n) is 5.21. The van der Waals surface area contributed by atoms with E-state index in [0.717, 1.165) is 0 Å². The Morgan fingerprint density at radius 1 is 1.38 bits per heavy atom. The molecule has 7 nitrogen and oxygen atoms in total. The maximum Gasteiger partial charge on any atom is 1.00 e. The Bertz CT molecular complexity index is 36.0. The number of rotatable bonds is 0. The van der Waals surface area contributed by atoms with Crippen LogP contribution >= 0.6 is 0 Å². The molecule has 0 aliphatic rings. The van der Waals surface area contributed by atoms with Crippen molar-refractivity contribution in [2.45, 2.75) is 0 Å². The minimum Gasteiger partial charge on any atom is -1.00 e. The molecule has 0 aliphatic heterocycles. The maximum atomic E-state index is 8.36. The Hall–Kier alpha value is -0.323. The first kappa shape index (κ1) is 47.8. The molecule has 0 spiro atoms. The van der Waals surface area contributed by atoms with Crippen LogP contribution in [0.5, 0.6) is 0 Å². The van der Waals surface area contributed by atoms with E-state index >= 15 is 0 Å². The molecule has 8 heavy (non-hydrogen) atoms. The molecule has 0 aromatic carbocycles. The third-order valence-corrected chi connectivity index (χ3v) is 0. The van der Waals surface area contributed by atoms with Gasteiger partial charge in [0.2, 0.25) is 0 Å². The second-order valence-corrected chi connectivity index (χ2v) is 0.238. The summed E-state index contributed by atoms with van der Waals surface area (Å²) in [5, 5.41) is 13.6. The van der Waals surface area contributed by atoms with E-state index in [1.54, 1.807) is 0 Å². The Balaban J connectivity index is -0.00000000450. The molecule has 0 atom stereocenters. The monoisotopic (exact) mass is 125 g/mol. The summed E-state index contributed by atoms with van der Waals surface area (Å²) >= 11 is 0. The van der Waals surface area contributed by atoms with Gasteiger partial charge in [-0.25, -0.2) is 0 Å². The molecule has 0 rings (SSSR count). The Morgan fingerprint density at radius 3 is 1.38 bits per heavy atom. The van der Waals surface area contributed by atoms with Gasteiger partial charge in [-0.15, -0.1) is 10.1 Å². The van der Waals surface area contributed by atoms with E-state index in [-0.39, 0.29) is 36.7 Å².